The summed E-state index contributed by atoms with van der Waals surface area (Å²) in [6.07, 6.45) is 1.78. The quantitative estimate of drug-likeness (QED) is 0.679. The van der Waals surface area contributed by atoms with E-state index in [1.54, 1.807) is 31.1 Å². The van der Waals surface area contributed by atoms with Gasteiger partial charge in [-0.3, -0.25) is 4.79 Å². The smallest absolute Gasteiger partial charge is 0.259 e. The highest BCUT2D eigenvalue weighted by atomic mass is 32.2. The third-order valence-electron chi connectivity index (χ3n) is 4.33. The molecule has 3 aromatic rings. The Morgan fingerprint density at radius 3 is 2.89 bits per heavy atom. The van der Waals surface area contributed by atoms with Crippen molar-refractivity contribution in [2.75, 3.05) is 17.7 Å². The molecule has 1 unspecified atom stereocenters. The first-order chi connectivity index (χ1) is 13.1. The number of carbonyl (C=O) groups is 1. The van der Waals surface area contributed by atoms with E-state index in [4.69, 9.17) is 4.74 Å². The van der Waals surface area contributed by atoms with E-state index in [1.807, 2.05) is 49.4 Å². The lowest BCUT2D eigenvalue weighted by atomic mass is 10.1. The standard InChI is InChI=1S/C21H19N3O2S/c1-13-8-9-16(17(11-13)26-2)20(25)23-15-6-3-5-14(12-15)21-24-19-18(27-21)7-4-10-22-19/h3-12,21H,1-2H3,(H,22,24)(H,23,25). The van der Waals surface area contributed by atoms with Gasteiger partial charge in [-0.1, -0.05) is 30.0 Å². The van der Waals surface area contributed by atoms with Crippen molar-refractivity contribution in [2.24, 2.45) is 0 Å². The second-order valence-corrected chi connectivity index (χ2v) is 7.42. The second kappa shape index (κ2) is 7.32. The van der Waals surface area contributed by atoms with Gasteiger partial charge in [-0.2, -0.15) is 0 Å². The van der Waals surface area contributed by atoms with Crippen molar-refractivity contribution >= 4 is 29.2 Å². The fourth-order valence-corrected chi connectivity index (χ4v) is 4.08. The molecule has 27 heavy (non-hydrogen) atoms. The molecular formula is C21H19N3O2S. The number of anilines is 2. The molecule has 2 N–H and O–H groups in total. The van der Waals surface area contributed by atoms with Gasteiger partial charge in [-0.25, -0.2) is 4.98 Å². The van der Waals surface area contributed by atoms with Gasteiger partial charge in [0.2, 0.25) is 0 Å². The molecular weight excluding hydrogens is 358 g/mol. The molecule has 5 nitrogen and oxygen atoms in total. The summed E-state index contributed by atoms with van der Waals surface area (Å²) in [6, 6.07) is 17.4. The first-order valence-electron chi connectivity index (χ1n) is 8.58. The van der Waals surface area contributed by atoms with E-state index in [2.05, 4.69) is 21.7 Å². The number of benzene rings is 2. The molecule has 0 saturated heterocycles. The van der Waals surface area contributed by atoms with Gasteiger partial charge >= 0.3 is 0 Å². The lowest BCUT2D eigenvalue weighted by Gasteiger charge is -2.14. The summed E-state index contributed by atoms with van der Waals surface area (Å²) in [4.78, 5) is 18.2. The minimum absolute atomic E-state index is 0.0701. The number of hydrogen-bond acceptors (Lipinski definition) is 5. The van der Waals surface area contributed by atoms with Crippen LogP contribution in [0.4, 0.5) is 11.5 Å². The molecule has 2 aromatic carbocycles. The van der Waals surface area contributed by atoms with Crippen LogP contribution in [0.5, 0.6) is 5.75 Å². The number of aryl methyl sites for hydroxylation is 1. The summed E-state index contributed by atoms with van der Waals surface area (Å²) in [5, 5.41) is 6.44. The van der Waals surface area contributed by atoms with E-state index in [0.29, 0.717) is 11.3 Å². The largest absolute Gasteiger partial charge is 0.496 e. The number of carbonyl (C=O) groups excluding carboxylic acids is 1. The molecule has 0 spiro atoms. The van der Waals surface area contributed by atoms with Crippen LogP contribution in [0.3, 0.4) is 0 Å². The van der Waals surface area contributed by atoms with Crippen LogP contribution in [0.15, 0.2) is 65.7 Å². The van der Waals surface area contributed by atoms with Crippen LogP contribution in [0.2, 0.25) is 0 Å². The number of fused-ring (bicyclic) bond motifs is 1. The second-order valence-electron chi connectivity index (χ2n) is 6.28. The van der Waals surface area contributed by atoms with Crippen molar-refractivity contribution in [3.05, 3.63) is 77.5 Å². The first kappa shape index (κ1) is 17.4. The number of amides is 1. The Morgan fingerprint density at radius 2 is 2.07 bits per heavy atom. The third-order valence-corrected chi connectivity index (χ3v) is 5.54. The third kappa shape index (κ3) is 3.61. The van der Waals surface area contributed by atoms with Gasteiger partial charge in [-0.05, 0) is 54.4 Å². The molecule has 4 rings (SSSR count). The summed E-state index contributed by atoms with van der Waals surface area (Å²) in [6.45, 7) is 1.97. The molecule has 1 amide bonds. The van der Waals surface area contributed by atoms with E-state index in [1.165, 1.54) is 0 Å². The fourth-order valence-electron chi connectivity index (χ4n) is 2.99. The Kier molecular flexibility index (Phi) is 4.73. The molecule has 1 aromatic heterocycles. The predicted octanol–water partition coefficient (Wildman–Crippen LogP) is 4.87. The normalized spacial score (nSPS) is 15.0. The van der Waals surface area contributed by atoms with Crippen molar-refractivity contribution in [3.63, 3.8) is 0 Å². The Labute approximate surface area is 162 Å². The number of nitrogens with zero attached hydrogens (tertiary/aromatic N) is 1. The lowest BCUT2D eigenvalue weighted by molar-refractivity contribution is 0.102. The number of thioether (sulfide) groups is 1. The molecule has 136 valence electrons. The molecule has 0 aliphatic carbocycles. The zero-order valence-electron chi connectivity index (χ0n) is 15.0. The zero-order chi connectivity index (χ0) is 18.8. The van der Waals surface area contributed by atoms with Crippen LogP contribution >= 0.6 is 11.8 Å². The number of nitrogens with one attached hydrogen (secondary N) is 2. The van der Waals surface area contributed by atoms with Gasteiger partial charge in [0, 0.05) is 11.9 Å². The van der Waals surface area contributed by atoms with Crippen molar-refractivity contribution in [3.8, 4) is 5.75 Å². The van der Waals surface area contributed by atoms with E-state index in [9.17, 15) is 4.79 Å². The molecule has 0 fully saturated rings. The summed E-state index contributed by atoms with van der Waals surface area (Å²) in [5.74, 6) is 1.27. The average molecular weight is 377 g/mol. The van der Waals surface area contributed by atoms with Crippen LogP contribution in [0.25, 0.3) is 0 Å². The number of aromatic nitrogens is 1. The fraction of sp³-hybridized carbons (Fsp3) is 0.143. The highest BCUT2D eigenvalue weighted by Gasteiger charge is 2.23. The average Bonchev–Trinajstić information content (AvgIpc) is 3.12. The van der Waals surface area contributed by atoms with Gasteiger partial charge in [0.05, 0.1) is 17.6 Å². The van der Waals surface area contributed by atoms with Crippen LogP contribution in [-0.4, -0.2) is 18.0 Å². The number of methoxy groups -OCH3 is 1. The predicted molar refractivity (Wildman–Crippen MR) is 109 cm³/mol. The SMILES string of the molecule is COc1cc(C)ccc1C(=O)Nc1cccc(C2Nc3ncccc3S2)c1. The Hall–Kier alpha value is -2.99. The molecule has 1 atom stereocenters. The first-order valence-corrected chi connectivity index (χ1v) is 9.46. The van der Waals surface area contributed by atoms with Crippen molar-refractivity contribution in [1.82, 2.24) is 4.98 Å². The summed E-state index contributed by atoms with van der Waals surface area (Å²) in [5.41, 5.74) is 3.37. The topological polar surface area (TPSA) is 63.2 Å². The number of pyridine rings is 1. The van der Waals surface area contributed by atoms with Crippen LogP contribution < -0.4 is 15.4 Å². The van der Waals surface area contributed by atoms with Gasteiger partial charge in [-0.15, -0.1) is 0 Å². The van der Waals surface area contributed by atoms with Crippen LogP contribution in [0, 0.1) is 6.92 Å². The zero-order valence-corrected chi connectivity index (χ0v) is 15.8. The van der Waals surface area contributed by atoms with Gasteiger partial charge < -0.3 is 15.4 Å². The molecule has 0 saturated carbocycles. The highest BCUT2D eigenvalue weighted by molar-refractivity contribution is 8.00. The van der Waals surface area contributed by atoms with Crippen molar-refractivity contribution in [2.45, 2.75) is 17.2 Å². The van der Waals surface area contributed by atoms with Gasteiger partial charge in [0.25, 0.3) is 5.91 Å². The monoisotopic (exact) mass is 377 g/mol. The van der Waals surface area contributed by atoms with Gasteiger partial charge in [0.1, 0.15) is 16.9 Å². The summed E-state index contributed by atoms with van der Waals surface area (Å²) >= 11 is 1.71. The number of hydrogen-bond donors (Lipinski definition) is 2. The number of ether oxygens (including phenoxy) is 1. The van der Waals surface area contributed by atoms with Crippen LogP contribution in [0.1, 0.15) is 26.9 Å². The maximum Gasteiger partial charge on any atom is 0.259 e. The van der Waals surface area contributed by atoms with E-state index in [0.717, 1.165) is 27.5 Å². The Morgan fingerprint density at radius 1 is 1.19 bits per heavy atom. The van der Waals surface area contributed by atoms with E-state index >= 15 is 0 Å². The maximum absolute atomic E-state index is 12.7. The van der Waals surface area contributed by atoms with E-state index in [-0.39, 0.29) is 11.3 Å². The lowest BCUT2D eigenvalue weighted by Crippen LogP contribution is -2.13. The summed E-state index contributed by atoms with van der Waals surface area (Å²) < 4.78 is 5.34. The molecule has 0 radical (unpaired) electrons. The molecule has 6 heteroatoms. The maximum atomic E-state index is 12.7. The van der Waals surface area contributed by atoms with Crippen LogP contribution in [-0.2, 0) is 0 Å². The molecule has 2 heterocycles. The van der Waals surface area contributed by atoms with Crippen molar-refractivity contribution in [1.29, 1.82) is 0 Å². The Bertz CT molecular complexity index is 981. The molecule has 1 aliphatic heterocycles. The number of rotatable bonds is 4. The van der Waals surface area contributed by atoms with E-state index < -0.39 is 0 Å². The van der Waals surface area contributed by atoms with Crippen molar-refractivity contribution < 1.29 is 9.53 Å². The molecule has 0 bridgehead atoms. The minimum atomic E-state index is -0.194. The van der Waals surface area contributed by atoms with Gasteiger partial charge in [0.15, 0.2) is 0 Å². The summed E-state index contributed by atoms with van der Waals surface area (Å²) in [7, 11) is 1.57. The Balaban J connectivity index is 1.53. The highest BCUT2D eigenvalue weighted by Crippen LogP contribution is 2.45. The molecule has 1 aliphatic rings. The minimum Gasteiger partial charge on any atom is -0.496 e.